The number of benzene rings is 3. The van der Waals surface area contributed by atoms with Crippen LogP contribution in [0.5, 0.6) is 5.75 Å². The number of anilines is 1. The summed E-state index contributed by atoms with van der Waals surface area (Å²) < 4.78 is 5.51. The summed E-state index contributed by atoms with van der Waals surface area (Å²) in [4.78, 5) is 43.4. The fraction of sp³-hybridized carbons (Fsp3) is 0.472. The van der Waals surface area contributed by atoms with Crippen LogP contribution in [0, 0.1) is 11.8 Å². The quantitative estimate of drug-likeness (QED) is 0.196. The van der Waals surface area contributed by atoms with E-state index >= 15 is 0 Å². The summed E-state index contributed by atoms with van der Waals surface area (Å²) in [5, 5.41) is 18.3. The van der Waals surface area contributed by atoms with Crippen molar-refractivity contribution in [1.29, 1.82) is 0 Å². The number of ether oxygens (including phenoxy) is 1. The molecule has 3 atom stereocenters. The van der Waals surface area contributed by atoms with E-state index < -0.39 is 29.7 Å². The summed E-state index contributed by atoms with van der Waals surface area (Å²) in [6.45, 7) is 15.4. The minimum atomic E-state index is -1.08. The highest BCUT2D eigenvalue weighted by molar-refractivity contribution is 6.00. The topological polar surface area (TPSA) is 108 Å². The lowest BCUT2D eigenvalue weighted by atomic mass is 9.95. The first-order valence-corrected chi connectivity index (χ1v) is 15.5. The number of carbonyl (C=O) groups excluding carboxylic acids is 3. The number of aromatic hydroxyl groups is 1. The Morgan fingerprint density at radius 1 is 0.841 bits per heavy atom. The second-order valence-corrected chi connectivity index (χ2v) is 13.4. The van der Waals surface area contributed by atoms with Gasteiger partial charge in [0.1, 0.15) is 23.4 Å². The van der Waals surface area contributed by atoms with E-state index in [1.54, 1.807) is 37.8 Å². The Morgan fingerprint density at radius 2 is 1.52 bits per heavy atom. The molecule has 0 aromatic heterocycles. The van der Waals surface area contributed by atoms with Crippen molar-refractivity contribution in [3.05, 3.63) is 72.3 Å². The van der Waals surface area contributed by atoms with Crippen LogP contribution < -0.4 is 10.6 Å². The average molecular weight is 604 g/mol. The fourth-order valence-corrected chi connectivity index (χ4v) is 5.25. The normalized spacial score (nSPS) is 13.8. The largest absolute Gasteiger partial charge is 0.508 e. The van der Waals surface area contributed by atoms with Gasteiger partial charge in [0.15, 0.2) is 0 Å². The van der Waals surface area contributed by atoms with Gasteiger partial charge in [-0.3, -0.25) is 9.59 Å². The molecule has 3 rings (SSSR count). The summed E-state index contributed by atoms with van der Waals surface area (Å²) in [5.41, 5.74) is 0.309. The third-order valence-electron chi connectivity index (χ3n) is 7.32. The third kappa shape index (κ3) is 10.00. The van der Waals surface area contributed by atoms with E-state index in [9.17, 15) is 19.5 Å². The zero-order valence-electron chi connectivity index (χ0n) is 27.4. The van der Waals surface area contributed by atoms with Gasteiger partial charge in [-0.15, -0.1) is 0 Å². The Morgan fingerprint density at radius 3 is 2.14 bits per heavy atom. The lowest BCUT2D eigenvalue weighted by Gasteiger charge is -2.39. The summed E-state index contributed by atoms with van der Waals surface area (Å²) >= 11 is 0. The van der Waals surface area contributed by atoms with Gasteiger partial charge in [0.2, 0.25) is 5.91 Å². The van der Waals surface area contributed by atoms with Crippen molar-refractivity contribution in [1.82, 2.24) is 10.2 Å². The van der Waals surface area contributed by atoms with Crippen molar-refractivity contribution in [2.24, 2.45) is 11.8 Å². The maximum absolute atomic E-state index is 14.6. The number of nitrogens with one attached hydrogen (secondary N) is 2. The molecule has 0 saturated heterocycles. The maximum Gasteiger partial charge on any atom is 0.408 e. The summed E-state index contributed by atoms with van der Waals surface area (Å²) in [5.74, 6) is -0.374. The Labute approximate surface area is 262 Å². The molecule has 0 saturated carbocycles. The van der Waals surface area contributed by atoms with Crippen molar-refractivity contribution < 1.29 is 24.2 Å². The number of phenolic OH excluding ortho intramolecular Hbond substituents is 1. The van der Waals surface area contributed by atoms with Crippen molar-refractivity contribution in [2.45, 2.75) is 98.4 Å². The van der Waals surface area contributed by atoms with Gasteiger partial charge in [0, 0.05) is 11.7 Å². The molecule has 0 aliphatic heterocycles. The second kappa shape index (κ2) is 15.1. The summed E-state index contributed by atoms with van der Waals surface area (Å²) in [7, 11) is 0. The molecule has 238 valence electrons. The van der Waals surface area contributed by atoms with Crippen LogP contribution in [0.4, 0.5) is 10.5 Å². The smallest absolute Gasteiger partial charge is 0.408 e. The molecule has 0 spiro atoms. The van der Waals surface area contributed by atoms with Gasteiger partial charge in [0.05, 0.1) is 0 Å². The number of nitrogens with zero attached hydrogens (tertiary/aromatic N) is 1. The Balaban J connectivity index is 2.10. The van der Waals surface area contributed by atoms with Crippen molar-refractivity contribution >= 4 is 34.4 Å². The molecule has 8 nitrogen and oxygen atoms in total. The highest BCUT2D eigenvalue weighted by Gasteiger charge is 2.39. The van der Waals surface area contributed by atoms with E-state index in [-0.39, 0.29) is 23.6 Å². The molecule has 3 unspecified atom stereocenters. The highest BCUT2D eigenvalue weighted by atomic mass is 16.6. The van der Waals surface area contributed by atoms with Crippen LogP contribution in [0.25, 0.3) is 10.8 Å². The van der Waals surface area contributed by atoms with Crippen LogP contribution in [0.2, 0.25) is 0 Å². The van der Waals surface area contributed by atoms with Gasteiger partial charge >= 0.3 is 6.09 Å². The first-order chi connectivity index (χ1) is 20.6. The lowest BCUT2D eigenvalue weighted by molar-refractivity contribution is -0.144. The van der Waals surface area contributed by atoms with Gasteiger partial charge in [0.25, 0.3) is 5.91 Å². The van der Waals surface area contributed by atoms with Gasteiger partial charge in [-0.25, -0.2) is 4.79 Å². The van der Waals surface area contributed by atoms with Gasteiger partial charge in [-0.1, -0.05) is 70.2 Å². The first kappa shape index (κ1) is 34.4. The van der Waals surface area contributed by atoms with Crippen LogP contribution in [0.3, 0.4) is 0 Å². The third-order valence-corrected chi connectivity index (χ3v) is 7.32. The van der Waals surface area contributed by atoms with E-state index in [1.165, 1.54) is 12.1 Å². The van der Waals surface area contributed by atoms with E-state index in [0.29, 0.717) is 30.0 Å². The highest BCUT2D eigenvalue weighted by Crippen LogP contribution is 2.31. The Kier molecular flexibility index (Phi) is 11.8. The Bertz CT molecular complexity index is 1430. The molecule has 8 heteroatoms. The molecule has 3 aromatic carbocycles. The van der Waals surface area contributed by atoms with Crippen LogP contribution in [-0.2, 0) is 14.3 Å². The van der Waals surface area contributed by atoms with Crippen LogP contribution in [0.15, 0.2) is 66.7 Å². The fourth-order valence-electron chi connectivity index (χ4n) is 5.25. The maximum atomic E-state index is 14.6. The second-order valence-electron chi connectivity index (χ2n) is 13.4. The monoisotopic (exact) mass is 603 g/mol. The average Bonchev–Trinajstić information content (AvgIpc) is 2.92. The predicted octanol–water partition coefficient (Wildman–Crippen LogP) is 7.82. The molecule has 3 aromatic rings. The molecule has 0 fully saturated rings. The minimum absolute atomic E-state index is 0.0150. The number of phenols is 1. The van der Waals surface area contributed by atoms with Crippen LogP contribution in [-0.4, -0.2) is 45.6 Å². The number of rotatable bonds is 12. The number of fused-ring (bicyclic) bond motifs is 1. The van der Waals surface area contributed by atoms with Gasteiger partial charge in [-0.05, 0) is 99.4 Å². The minimum Gasteiger partial charge on any atom is -0.508 e. The summed E-state index contributed by atoms with van der Waals surface area (Å²) in [6, 6.07) is 17.6. The first-order valence-electron chi connectivity index (χ1n) is 15.5. The molecular formula is C36H49N3O5. The lowest BCUT2D eigenvalue weighted by Crippen LogP contribution is -2.55. The van der Waals surface area contributed by atoms with Gasteiger partial charge in [-0.2, -0.15) is 0 Å². The number of alkyl carbamates (subject to hydrolysis) is 1. The molecule has 0 heterocycles. The molecule has 0 radical (unpaired) electrons. The van der Waals surface area contributed by atoms with E-state index in [4.69, 9.17) is 4.74 Å². The van der Waals surface area contributed by atoms with Gasteiger partial charge < -0.3 is 25.4 Å². The van der Waals surface area contributed by atoms with Crippen molar-refractivity contribution in [2.75, 3.05) is 5.32 Å². The summed E-state index contributed by atoms with van der Waals surface area (Å²) in [6.07, 6.45) is 1.13. The molecule has 44 heavy (non-hydrogen) atoms. The SMILES string of the molecule is CC(C)CCC(C)N(C(=O)C(CC(C)C)NC(=O)OC(C)(C)C)C(C(=O)Nc1ccc2ccccc2c1)c1cccc(O)c1. The van der Waals surface area contributed by atoms with E-state index in [0.717, 1.165) is 17.2 Å². The zero-order valence-corrected chi connectivity index (χ0v) is 27.4. The zero-order chi connectivity index (χ0) is 32.6. The molecule has 0 aliphatic rings. The van der Waals surface area contributed by atoms with Crippen molar-refractivity contribution in [3.8, 4) is 5.75 Å². The van der Waals surface area contributed by atoms with E-state index in [2.05, 4.69) is 24.5 Å². The molecular weight excluding hydrogens is 554 g/mol. The molecule has 3 N–H and O–H groups in total. The number of amides is 3. The molecule has 0 aliphatic carbocycles. The van der Waals surface area contributed by atoms with Crippen LogP contribution in [0.1, 0.15) is 86.3 Å². The standard InChI is InChI=1S/C36H49N3O5/c1-23(2)16-17-25(5)39(34(42)31(20-24(3)4)38-35(43)44-36(6,7)8)32(28-14-11-15-30(40)22-28)33(41)37-29-19-18-26-12-9-10-13-27(26)21-29/h9-15,18-19,21-25,31-32,40H,16-17,20H2,1-8H3,(H,37,41)(H,38,43). The number of hydrogen-bond acceptors (Lipinski definition) is 5. The number of carbonyl (C=O) groups is 3. The number of hydrogen-bond donors (Lipinski definition) is 3. The molecule has 3 amide bonds. The predicted molar refractivity (Wildman–Crippen MR) is 176 cm³/mol. The Hall–Kier alpha value is -4.07. The molecule has 0 bridgehead atoms. The van der Waals surface area contributed by atoms with Crippen molar-refractivity contribution in [3.63, 3.8) is 0 Å². The van der Waals surface area contributed by atoms with E-state index in [1.807, 2.05) is 63.2 Å². The van der Waals surface area contributed by atoms with Crippen LogP contribution >= 0.6 is 0 Å².